The van der Waals surface area contributed by atoms with Gasteiger partial charge in [0.2, 0.25) is 0 Å². The van der Waals surface area contributed by atoms with Crippen LogP contribution in [0.5, 0.6) is 0 Å². The van der Waals surface area contributed by atoms with E-state index in [-0.39, 0.29) is 0 Å². The monoisotopic (exact) mass is 211 g/mol. The molecule has 1 fully saturated rings. The second-order valence-corrected chi connectivity index (χ2v) is 4.11. The van der Waals surface area contributed by atoms with Crippen molar-refractivity contribution >= 4 is 17.4 Å². The van der Waals surface area contributed by atoms with Crippen LogP contribution >= 0.6 is 11.6 Å². The van der Waals surface area contributed by atoms with Crippen molar-refractivity contribution in [1.82, 2.24) is 9.97 Å². The Morgan fingerprint density at radius 3 is 2.93 bits per heavy atom. The van der Waals surface area contributed by atoms with E-state index in [4.69, 9.17) is 11.6 Å². The van der Waals surface area contributed by atoms with Crippen LogP contribution in [-0.4, -0.2) is 16.0 Å². The first kappa shape index (κ1) is 9.71. The molecule has 0 spiro atoms. The lowest BCUT2D eigenvalue weighted by Crippen LogP contribution is -2.21. The van der Waals surface area contributed by atoms with Crippen LogP contribution in [0.3, 0.4) is 0 Å². The zero-order chi connectivity index (χ0) is 9.97. The highest BCUT2D eigenvalue weighted by atomic mass is 35.5. The molecule has 1 aliphatic rings. The van der Waals surface area contributed by atoms with Gasteiger partial charge in [-0.2, -0.15) is 0 Å². The van der Waals surface area contributed by atoms with Crippen LogP contribution in [0.15, 0.2) is 12.4 Å². The molecule has 1 aromatic rings. The van der Waals surface area contributed by atoms with Crippen LogP contribution in [0, 0.1) is 5.92 Å². The summed E-state index contributed by atoms with van der Waals surface area (Å²) in [5, 5.41) is 3.89. The Balaban J connectivity index is 2.01. The van der Waals surface area contributed by atoms with Gasteiger partial charge >= 0.3 is 0 Å². The van der Waals surface area contributed by atoms with Gasteiger partial charge in [-0.05, 0) is 25.2 Å². The molecule has 3 nitrogen and oxygen atoms in total. The minimum absolute atomic E-state index is 0.494. The Kier molecular flexibility index (Phi) is 2.87. The van der Waals surface area contributed by atoms with Gasteiger partial charge in [0.05, 0.1) is 0 Å². The van der Waals surface area contributed by atoms with Crippen molar-refractivity contribution in [3.63, 3.8) is 0 Å². The summed E-state index contributed by atoms with van der Waals surface area (Å²) in [4.78, 5) is 7.98. The van der Waals surface area contributed by atoms with Crippen LogP contribution in [-0.2, 0) is 0 Å². The van der Waals surface area contributed by atoms with Gasteiger partial charge in [-0.15, -0.1) is 0 Å². The highest BCUT2D eigenvalue weighted by molar-refractivity contribution is 6.29. The highest BCUT2D eigenvalue weighted by Crippen LogP contribution is 2.35. The van der Waals surface area contributed by atoms with Crippen molar-refractivity contribution in [3.8, 4) is 0 Å². The molecule has 1 unspecified atom stereocenters. The van der Waals surface area contributed by atoms with Crippen molar-refractivity contribution in [2.75, 3.05) is 5.32 Å². The fourth-order valence-corrected chi connectivity index (χ4v) is 1.80. The van der Waals surface area contributed by atoms with E-state index in [1.165, 1.54) is 19.2 Å². The first-order valence-corrected chi connectivity index (χ1v) is 5.41. The average molecular weight is 212 g/mol. The largest absolute Gasteiger partial charge is 0.367 e. The minimum atomic E-state index is 0.494. The van der Waals surface area contributed by atoms with Gasteiger partial charge in [-0.3, -0.25) is 0 Å². The molecule has 2 rings (SSSR count). The van der Waals surface area contributed by atoms with Gasteiger partial charge in [0.1, 0.15) is 17.3 Å². The molecule has 1 heterocycles. The van der Waals surface area contributed by atoms with E-state index in [1.807, 2.05) is 0 Å². The maximum atomic E-state index is 5.78. The van der Waals surface area contributed by atoms with E-state index >= 15 is 0 Å². The maximum Gasteiger partial charge on any atom is 0.134 e. The molecule has 0 radical (unpaired) electrons. The van der Waals surface area contributed by atoms with E-state index in [0.717, 1.165) is 18.2 Å². The molecular formula is C10H14ClN3. The Labute approximate surface area is 88.9 Å². The van der Waals surface area contributed by atoms with Gasteiger partial charge < -0.3 is 5.32 Å². The highest BCUT2D eigenvalue weighted by Gasteiger charge is 2.29. The normalized spacial score (nSPS) is 17.9. The number of halogens is 1. The lowest BCUT2D eigenvalue weighted by Gasteiger charge is -2.16. The van der Waals surface area contributed by atoms with Crippen molar-refractivity contribution in [2.24, 2.45) is 5.92 Å². The molecule has 0 aromatic carbocycles. The van der Waals surface area contributed by atoms with E-state index in [1.54, 1.807) is 6.07 Å². The van der Waals surface area contributed by atoms with Gasteiger partial charge in [0.15, 0.2) is 0 Å². The van der Waals surface area contributed by atoms with Gasteiger partial charge in [0, 0.05) is 12.1 Å². The fourth-order valence-electron chi connectivity index (χ4n) is 1.65. The summed E-state index contributed by atoms with van der Waals surface area (Å²) < 4.78 is 0. The quantitative estimate of drug-likeness (QED) is 0.779. The first-order valence-electron chi connectivity index (χ1n) is 5.03. The molecular weight excluding hydrogens is 198 g/mol. The smallest absolute Gasteiger partial charge is 0.134 e. The molecule has 1 N–H and O–H groups in total. The summed E-state index contributed by atoms with van der Waals surface area (Å²) in [6.45, 7) is 2.19. The van der Waals surface area contributed by atoms with Crippen molar-refractivity contribution in [3.05, 3.63) is 17.5 Å². The Morgan fingerprint density at radius 1 is 1.57 bits per heavy atom. The predicted molar refractivity (Wildman–Crippen MR) is 57.5 cm³/mol. The standard InChI is InChI=1S/C10H14ClN3/c1-2-8(7-3-4-7)14-10-5-9(11)12-6-13-10/h5-8H,2-4H2,1H3,(H,12,13,14). The van der Waals surface area contributed by atoms with Gasteiger partial charge in [0.25, 0.3) is 0 Å². The predicted octanol–water partition coefficient (Wildman–Crippen LogP) is 2.73. The van der Waals surface area contributed by atoms with E-state index in [2.05, 4.69) is 22.2 Å². The molecule has 0 bridgehead atoms. The molecule has 76 valence electrons. The number of anilines is 1. The number of nitrogens with one attached hydrogen (secondary N) is 1. The van der Waals surface area contributed by atoms with Crippen molar-refractivity contribution in [2.45, 2.75) is 32.2 Å². The molecule has 1 aromatic heterocycles. The summed E-state index contributed by atoms with van der Waals surface area (Å²) in [6, 6.07) is 2.31. The summed E-state index contributed by atoms with van der Waals surface area (Å²) >= 11 is 5.78. The molecule has 1 aliphatic carbocycles. The number of hydrogen-bond acceptors (Lipinski definition) is 3. The molecule has 1 saturated carbocycles. The van der Waals surface area contributed by atoms with Gasteiger partial charge in [-0.1, -0.05) is 18.5 Å². The Morgan fingerprint density at radius 2 is 2.36 bits per heavy atom. The summed E-state index contributed by atoms with van der Waals surface area (Å²) in [7, 11) is 0. The summed E-state index contributed by atoms with van der Waals surface area (Å²) in [5.74, 6) is 1.66. The number of aromatic nitrogens is 2. The second-order valence-electron chi connectivity index (χ2n) is 3.72. The summed E-state index contributed by atoms with van der Waals surface area (Å²) in [6.07, 6.45) is 5.30. The molecule has 14 heavy (non-hydrogen) atoms. The minimum Gasteiger partial charge on any atom is -0.367 e. The van der Waals surface area contributed by atoms with Crippen molar-refractivity contribution < 1.29 is 0 Å². The number of hydrogen-bond donors (Lipinski definition) is 1. The zero-order valence-corrected chi connectivity index (χ0v) is 8.96. The third-order valence-electron chi connectivity index (χ3n) is 2.60. The zero-order valence-electron chi connectivity index (χ0n) is 8.20. The molecule has 4 heteroatoms. The first-order chi connectivity index (χ1) is 6.79. The lowest BCUT2D eigenvalue weighted by molar-refractivity contribution is 0.614. The fraction of sp³-hybridized carbons (Fsp3) is 0.600. The molecule has 1 atom stereocenters. The van der Waals surface area contributed by atoms with Gasteiger partial charge in [-0.25, -0.2) is 9.97 Å². The topological polar surface area (TPSA) is 37.8 Å². The Bertz CT molecular complexity index is 312. The second kappa shape index (κ2) is 4.13. The van der Waals surface area contributed by atoms with Crippen LogP contribution < -0.4 is 5.32 Å². The third kappa shape index (κ3) is 2.35. The van der Waals surface area contributed by atoms with E-state index < -0.39 is 0 Å². The number of rotatable bonds is 4. The van der Waals surface area contributed by atoms with E-state index in [9.17, 15) is 0 Å². The lowest BCUT2D eigenvalue weighted by atomic mass is 10.1. The van der Waals surface area contributed by atoms with Crippen LogP contribution in [0.25, 0.3) is 0 Å². The average Bonchev–Trinajstić information content (AvgIpc) is 2.97. The van der Waals surface area contributed by atoms with Crippen LogP contribution in [0.4, 0.5) is 5.82 Å². The third-order valence-corrected chi connectivity index (χ3v) is 2.80. The van der Waals surface area contributed by atoms with Crippen molar-refractivity contribution in [1.29, 1.82) is 0 Å². The summed E-state index contributed by atoms with van der Waals surface area (Å²) in [5.41, 5.74) is 0. The Hall–Kier alpha value is -0.830. The van der Waals surface area contributed by atoms with E-state index in [0.29, 0.717) is 11.2 Å². The molecule has 0 saturated heterocycles. The maximum absolute atomic E-state index is 5.78. The van der Waals surface area contributed by atoms with Crippen LogP contribution in [0.2, 0.25) is 5.15 Å². The molecule has 0 amide bonds. The number of nitrogens with zero attached hydrogens (tertiary/aromatic N) is 2. The van der Waals surface area contributed by atoms with Crippen LogP contribution in [0.1, 0.15) is 26.2 Å². The SMILES string of the molecule is CCC(Nc1cc(Cl)ncn1)C1CC1. The molecule has 0 aliphatic heterocycles.